The lowest BCUT2D eigenvalue weighted by atomic mass is 9.93. The molecule has 5 heteroatoms. The molecule has 0 radical (unpaired) electrons. The minimum atomic E-state index is -0.540. The number of ketones is 2. The zero-order chi connectivity index (χ0) is 14.1. The molecule has 104 valence electrons. The zero-order valence-electron chi connectivity index (χ0n) is 10.6. The average molecular weight is 400 g/mol. The number of halogens is 2. The molecule has 3 aliphatic rings. The summed E-state index contributed by atoms with van der Waals surface area (Å²) in [4.78, 5) is 25.1. The molecule has 2 heterocycles. The van der Waals surface area contributed by atoms with Gasteiger partial charge < -0.3 is 4.74 Å². The molecule has 1 saturated carbocycles. The van der Waals surface area contributed by atoms with Crippen molar-refractivity contribution in [2.24, 2.45) is 0 Å². The highest BCUT2D eigenvalue weighted by Gasteiger charge is 2.80. The van der Waals surface area contributed by atoms with Gasteiger partial charge in [-0.3, -0.25) is 9.59 Å². The Morgan fingerprint density at radius 2 is 1.40 bits per heavy atom. The van der Waals surface area contributed by atoms with E-state index in [0.717, 1.165) is 17.5 Å². The smallest absolute Gasteiger partial charge is 0.167 e. The largest absolute Gasteiger partial charge is 0.356 e. The third-order valence-electron chi connectivity index (χ3n) is 4.62. The SMILES string of the molecule is O=C1Cc2ccccc2CC(=O)[C@@H]2O[C@H]1[C@@]1(Br)C[C@@]21Br. The molecule has 2 aliphatic heterocycles. The van der Waals surface area contributed by atoms with Gasteiger partial charge >= 0.3 is 0 Å². The van der Waals surface area contributed by atoms with E-state index in [2.05, 4.69) is 31.9 Å². The highest BCUT2D eigenvalue weighted by Crippen LogP contribution is 2.70. The first kappa shape index (κ1) is 13.2. The van der Waals surface area contributed by atoms with Crippen LogP contribution in [0.25, 0.3) is 0 Å². The van der Waals surface area contributed by atoms with Crippen molar-refractivity contribution in [3.05, 3.63) is 35.4 Å². The normalized spacial score (nSPS) is 42.3. The fourth-order valence-corrected chi connectivity index (χ4v) is 5.83. The number of hydrogen-bond donors (Lipinski definition) is 0. The summed E-state index contributed by atoms with van der Waals surface area (Å²) in [5, 5.41) is 0. The van der Waals surface area contributed by atoms with Gasteiger partial charge in [-0.1, -0.05) is 56.1 Å². The maximum absolute atomic E-state index is 12.5. The van der Waals surface area contributed by atoms with Gasteiger partial charge in [0, 0.05) is 12.8 Å². The van der Waals surface area contributed by atoms with Gasteiger partial charge in [0.2, 0.25) is 0 Å². The second-order valence-electron chi connectivity index (χ2n) is 5.85. The van der Waals surface area contributed by atoms with Gasteiger partial charge in [-0.25, -0.2) is 0 Å². The van der Waals surface area contributed by atoms with Crippen LogP contribution in [0.5, 0.6) is 0 Å². The molecule has 1 aliphatic carbocycles. The Hall–Kier alpha value is -0.520. The number of benzene rings is 1. The minimum absolute atomic E-state index is 0.0489. The van der Waals surface area contributed by atoms with Crippen LogP contribution in [0.4, 0.5) is 0 Å². The number of alkyl halides is 2. The second-order valence-corrected chi connectivity index (χ2v) is 8.68. The van der Waals surface area contributed by atoms with E-state index in [1.165, 1.54) is 0 Å². The second kappa shape index (κ2) is 4.02. The minimum Gasteiger partial charge on any atom is -0.356 e. The van der Waals surface area contributed by atoms with E-state index in [4.69, 9.17) is 4.74 Å². The van der Waals surface area contributed by atoms with E-state index < -0.39 is 20.9 Å². The maximum Gasteiger partial charge on any atom is 0.167 e. The van der Waals surface area contributed by atoms with Crippen LogP contribution in [0.2, 0.25) is 0 Å². The van der Waals surface area contributed by atoms with Crippen LogP contribution in [0.3, 0.4) is 0 Å². The molecule has 3 nitrogen and oxygen atoms in total. The van der Waals surface area contributed by atoms with Gasteiger partial charge in [0.1, 0.15) is 12.2 Å². The van der Waals surface area contributed by atoms with E-state index in [0.29, 0.717) is 12.8 Å². The molecule has 2 fully saturated rings. The monoisotopic (exact) mass is 398 g/mol. The fourth-order valence-electron chi connectivity index (χ4n) is 3.43. The standard InChI is InChI=1S/C15H12Br2O3/c16-14-7-15(14,17)13-11(19)6-9-4-2-1-3-8(9)5-10(18)12(14)20-13/h1-4,12-13H,5-7H2/t12-,13+,14+,15-. The summed E-state index contributed by atoms with van der Waals surface area (Å²) in [5.74, 6) is 0.0979. The van der Waals surface area contributed by atoms with Crippen LogP contribution in [-0.2, 0) is 27.2 Å². The molecular weight excluding hydrogens is 388 g/mol. The molecule has 1 aromatic carbocycles. The van der Waals surface area contributed by atoms with Gasteiger partial charge in [0.15, 0.2) is 11.6 Å². The molecule has 2 bridgehead atoms. The van der Waals surface area contributed by atoms with Crippen molar-refractivity contribution in [2.75, 3.05) is 0 Å². The van der Waals surface area contributed by atoms with E-state index >= 15 is 0 Å². The molecule has 4 rings (SSSR count). The van der Waals surface area contributed by atoms with Crippen molar-refractivity contribution in [1.29, 1.82) is 0 Å². The van der Waals surface area contributed by atoms with Crippen molar-refractivity contribution in [3.8, 4) is 0 Å². The first-order valence-electron chi connectivity index (χ1n) is 6.61. The molecule has 0 spiro atoms. The fraction of sp³-hybridized carbons (Fsp3) is 0.467. The highest BCUT2D eigenvalue weighted by atomic mass is 79.9. The Labute approximate surface area is 133 Å². The summed E-state index contributed by atoms with van der Waals surface area (Å²) in [6.45, 7) is 0. The number of rotatable bonds is 0. The summed E-state index contributed by atoms with van der Waals surface area (Å²) in [6.07, 6.45) is 0.335. The highest BCUT2D eigenvalue weighted by molar-refractivity contribution is 9.13. The lowest BCUT2D eigenvalue weighted by Crippen LogP contribution is -2.34. The third-order valence-corrected chi connectivity index (χ3v) is 7.96. The number of hydrogen-bond acceptors (Lipinski definition) is 3. The lowest BCUT2D eigenvalue weighted by Gasteiger charge is -2.17. The number of ether oxygens (including phenoxy) is 1. The van der Waals surface area contributed by atoms with Crippen LogP contribution < -0.4 is 0 Å². The van der Waals surface area contributed by atoms with Crippen LogP contribution in [-0.4, -0.2) is 32.4 Å². The molecular formula is C15H12Br2O3. The van der Waals surface area contributed by atoms with Gasteiger partial charge in [-0.15, -0.1) is 0 Å². The topological polar surface area (TPSA) is 43.4 Å². The molecule has 20 heavy (non-hydrogen) atoms. The molecule has 4 atom stereocenters. The molecule has 0 aromatic heterocycles. The number of Topliss-reactive ketones (excluding diaryl/α,β-unsaturated/α-hetero) is 2. The molecule has 0 unspecified atom stereocenters. The average Bonchev–Trinajstić information content (AvgIpc) is 2.85. The van der Waals surface area contributed by atoms with Gasteiger partial charge in [0.05, 0.1) is 8.65 Å². The summed E-state index contributed by atoms with van der Waals surface area (Å²) in [5.41, 5.74) is 1.89. The summed E-state index contributed by atoms with van der Waals surface area (Å²) < 4.78 is 4.99. The zero-order valence-corrected chi connectivity index (χ0v) is 13.7. The van der Waals surface area contributed by atoms with Crippen LogP contribution in [0.15, 0.2) is 24.3 Å². The van der Waals surface area contributed by atoms with Crippen molar-refractivity contribution >= 4 is 43.4 Å². The predicted molar refractivity (Wildman–Crippen MR) is 80.5 cm³/mol. The first-order chi connectivity index (χ1) is 9.46. The Morgan fingerprint density at radius 3 is 1.85 bits per heavy atom. The summed E-state index contributed by atoms with van der Waals surface area (Å²) in [7, 11) is 0. The molecule has 0 N–H and O–H groups in total. The number of carbonyl (C=O) groups excluding carboxylic acids is 2. The number of fused-ring (bicyclic) bond motifs is 6. The van der Waals surface area contributed by atoms with Crippen molar-refractivity contribution in [3.63, 3.8) is 0 Å². The van der Waals surface area contributed by atoms with Gasteiger partial charge in [-0.2, -0.15) is 0 Å². The quantitative estimate of drug-likeness (QED) is 0.629. The lowest BCUT2D eigenvalue weighted by molar-refractivity contribution is -0.137. The van der Waals surface area contributed by atoms with E-state index in [9.17, 15) is 9.59 Å². The Bertz CT molecular complexity index is 591. The van der Waals surface area contributed by atoms with E-state index in [1.54, 1.807) is 0 Å². The predicted octanol–water partition coefficient (Wildman–Crippen LogP) is 2.36. The maximum atomic E-state index is 12.5. The van der Waals surface area contributed by atoms with Crippen molar-refractivity contribution in [1.82, 2.24) is 0 Å². The Morgan fingerprint density at radius 1 is 0.950 bits per heavy atom. The molecule has 0 amide bonds. The number of carbonyl (C=O) groups is 2. The summed E-state index contributed by atoms with van der Waals surface area (Å²) in [6, 6.07) is 7.66. The Balaban J connectivity index is 1.82. The van der Waals surface area contributed by atoms with Crippen molar-refractivity contribution < 1.29 is 14.3 Å². The first-order valence-corrected chi connectivity index (χ1v) is 8.20. The van der Waals surface area contributed by atoms with E-state index in [-0.39, 0.29) is 11.6 Å². The molecule has 1 saturated heterocycles. The van der Waals surface area contributed by atoms with Crippen molar-refractivity contribution in [2.45, 2.75) is 40.1 Å². The van der Waals surface area contributed by atoms with E-state index in [1.807, 2.05) is 24.3 Å². The van der Waals surface area contributed by atoms with Gasteiger partial charge in [0.25, 0.3) is 0 Å². The summed E-state index contributed by atoms with van der Waals surface area (Å²) >= 11 is 7.28. The molecule has 1 aromatic rings. The van der Waals surface area contributed by atoms with Crippen LogP contribution >= 0.6 is 31.9 Å². The Kier molecular flexibility index (Phi) is 2.65. The van der Waals surface area contributed by atoms with Crippen LogP contribution in [0, 0.1) is 0 Å². The van der Waals surface area contributed by atoms with Gasteiger partial charge in [-0.05, 0) is 17.5 Å². The third kappa shape index (κ3) is 1.54. The van der Waals surface area contributed by atoms with Crippen LogP contribution in [0.1, 0.15) is 17.5 Å².